The summed E-state index contributed by atoms with van der Waals surface area (Å²) in [7, 11) is 1.67. The SMILES string of the molecule is COc1ccc(C(C)C)cc1Cc1nc2c(C3CCCC3)[nH]nc2c(=O)[nH]1. The van der Waals surface area contributed by atoms with Gasteiger partial charge in [0.25, 0.3) is 5.56 Å². The lowest BCUT2D eigenvalue weighted by Crippen LogP contribution is -2.13. The first kappa shape index (κ1) is 17.8. The smallest absolute Gasteiger partial charge is 0.279 e. The van der Waals surface area contributed by atoms with Crippen LogP contribution in [0.3, 0.4) is 0 Å². The van der Waals surface area contributed by atoms with E-state index >= 15 is 0 Å². The fraction of sp³-hybridized carbons (Fsp3) is 0.476. The van der Waals surface area contributed by atoms with E-state index in [1.807, 2.05) is 6.07 Å². The van der Waals surface area contributed by atoms with Gasteiger partial charge in [0.1, 0.15) is 17.1 Å². The van der Waals surface area contributed by atoms with Crippen LogP contribution in [-0.2, 0) is 6.42 Å². The molecule has 0 radical (unpaired) electrons. The van der Waals surface area contributed by atoms with Crippen molar-refractivity contribution in [3.05, 3.63) is 51.2 Å². The molecule has 0 saturated heterocycles. The number of methoxy groups -OCH3 is 1. The van der Waals surface area contributed by atoms with Crippen LogP contribution < -0.4 is 10.3 Å². The van der Waals surface area contributed by atoms with Gasteiger partial charge in [0.2, 0.25) is 0 Å². The molecule has 2 heterocycles. The van der Waals surface area contributed by atoms with E-state index in [4.69, 9.17) is 9.72 Å². The molecule has 0 spiro atoms. The van der Waals surface area contributed by atoms with Crippen molar-refractivity contribution in [2.24, 2.45) is 0 Å². The minimum absolute atomic E-state index is 0.186. The highest BCUT2D eigenvalue weighted by molar-refractivity contribution is 5.76. The van der Waals surface area contributed by atoms with E-state index in [9.17, 15) is 4.79 Å². The Labute approximate surface area is 158 Å². The van der Waals surface area contributed by atoms with Gasteiger partial charge in [0.05, 0.1) is 12.8 Å². The van der Waals surface area contributed by atoms with Crippen molar-refractivity contribution in [2.75, 3.05) is 7.11 Å². The van der Waals surface area contributed by atoms with Gasteiger partial charge in [0, 0.05) is 17.9 Å². The number of fused-ring (bicyclic) bond motifs is 1. The normalized spacial score (nSPS) is 15.1. The Hall–Kier alpha value is -2.63. The van der Waals surface area contributed by atoms with Crippen molar-refractivity contribution in [1.29, 1.82) is 0 Å². The Morgan fingerprint density at radius 2 is 2.00 bits per heavy atom. The molecule has 0 amide bonds. The number of H-pyrrole nitrogens is 2. The molecule has 6 heteroatoms. The number of aromatic amines is 2. The molecule has 0 atom stereocenters. The summed E-state index contributed by atoms with van der Waals surface area (Å²) >= 11 is 0. The monoisotopic (exact) mass is 366 g/mol. The highest BCUT2D eigenvalue weighted by Gasteiger charge is 2.23. The van der Waals surface area contributed by atoms with E-state index in [2.05, 4.69) is 41.2 Å². The van der Waals surface area contributed by atoms with Gasteiger partial charge in [-0.15, -0.1) is 0 Å². The molecule has 4 rings (SSSR count). The van der Waals surface area contributed by atoms with Gasteiger partial charge in [-0.1, -0.05) is 38.8 Å². The molecule has 1 aromatic carbocycles. The zero-order valence-corrected chi connectivity index (χ0v) is 16.1. The van der Waals surface area contributed by atoms with E-state index < -0.39 is 0 Å². The molecule has 1 aliphatic rings. The summed E-state index contributed by atoms with van der Waals surface area (Å²) in [6.45, 7) is 4.33. The van der Waals surface area contributed by atoms with Gasteiger partial charge in [-0.05, 0) is 30.4 Å². The van der Waals surface area contributed by atoms with Gasteiger partial charge in [-0.3, -0.25) is 9.89 Å². The number of benzene rings is 1. The quantitative estimate of drug-likeness (QED) is 0.714. The summed E-state index contributed by atoms with van der Waals surface area (Å²) in [5, 5.41) is 7.30. The Morgan fingerprint density at radius 3 is 2.70 bits per heavy atom. The Balaban J connectivity index is 1.75. The lowest BCUT2D eigenvalue weighted by Gasteiger charge is -2.13. The Bertz CT molecular complexity index is 1010. The van der Waals surface area contributed by atoms with Crippen LogP contribution >= 0.6 is 0 Å². The standard InChI is InChI=1S/C21H26N4O2/c1-12(2)14-8-9-16(27-3)15(10-14)11-17-22-19-18(13-6-4-5-7-13)24-25-20(19)21(26)23-17/h8-10,12-13H,4-7,11H2,1-3H3,(H,24,25)(H,22,23,26). The summed E-state index contributed by atoms with van der Waals surface area (Å²) < 4.78 is 5.52. The second kappa shape index (κ2) is 7.18. The van der Waals surface area contributed by atoms with Gasteiger partial charge >= 0.3 is 0 Å². The van der Waals surface area contributed by atoms with Gasteiger partial charge in [-0.25, -0.2) is 4.98 Å². The largest absolute Gasteiger partial charge is 0.496 e. The van der Waals surface area contributed by atoms with E-state index in [1.165, 1.54) is 18.4 Å². The van der Waals surface area contributed by atoms with Crippen molar-refractivity contribution >= 4 is 11.0 Å². The van der Waals surface area contributed by atoms with Crippen LogP contribution in [0.4, 0.5) is 0 Å². The van der Waals surface area contributed by atoms with Crippen LogP contribution in [-0.4, -0.2) is 27.3 Å². The molecule has 0 aliphatic heterocycles. The Kier molecular flexibility index (Phi) is 4.72. The highest BCUT2D eigenvalue weighted by atomic mass is 16.5. The number of hydrogen-bond acceptors (Lipinski definition) is 4. The second-order valence-electron chi connectivity index (χ2n) is 7.73. The maximum atomic E-state index is 12.5. The van der Waals surface area contributed by atoms with Crippen LogP contribution in [0.5, 0.6) is 5.75 Å². The van der Waals surface area contributed by atoms with Gasteiger partial charge in [0.15, 0.2) is 5.52 Å². The molecular weight excluding hydrogens is 340 g/mol. The first-order valence-electron chi connectivity index (χ1n) is 9.70. The van der Waals surface area contributed by atoms with Gasteiger partial charge < -0.3 is 9.72 Å². The van der Waals surface area contributed by atoms with Crippen molar-refractivity contribution in [1.82, 2.24) is 20.2 Å². The average molecular weight is 366 g/mol. The summed E-state index contributed by atoms with van der Waals surface area (Å²) in [4.78, 5) is 20.2. The van der Waals surface area contributed by atoms with Crippen molar-refractivity contribution in [3.8, 4) is 5.75 Å². The van der Waals surface area contributed by atoms with Crippen LogP contribution in [0.2, 0.25) is 0 Å². The third-order valence-electron chi connectivity index (χ3n) is 5.58. The van der Waals surface area contributed by atoms with E-state index in [1.54, 1.807) is 7.11 Å². The molecule has 1 fully saturated rings. The molecule has 27 heavy (non-hydrogen) atoms. The molecule has 0 bridgehead atoms. The third kappa shape index (κ3) is 3.36. The summed E-state index contributed by atoms with van der Waals surface area (Å²) in [5.41, 5.74) is 4.22. The molecular formula is C21H26N4O2. The number of hydrogen-bond donors (Lipinski definition) is 2. The van der Waals surface area contributed by atoms with Crippen molar-refractivity contribution in [2.45, 2.75) is 57.8 Å². The first-order valence-corrected chi connectivity index (χ1v) is 9.70. The summed E-state index contributed by atoms with van der Waals surface area (Å²) in [6, 6.07) is 6.21. The van der Waals surface area contributed by atoms with Crippen LogP contribution in [0, 0.1) is 0 Å². The van der Waals surface area contributed by atoms with Crippen molar-refractivity contribution < 1.29 is 4.74 Å². The number of nitrogens with zero attached hydrogens (tertiary/aromatic N) is 2. The molecule has 0 unspecified atom stereocenters. The second-order valence-corrected chi connectivity index (χ2v) is 7.73. The average Bonchev–Trinajstić information content (AvgIpc) is 3.31. The molecule has 3 aromatic rings. The molecule has 2 aromatic heterocycles. The number of aromatic nitrogens is 4. The third-order valence-corrected chi connectivity index (χ3v) is 5.58. The van der Waals surface area contributed by atoms with Crippen LogP contribution in [0.1, 0.15) is 74.0 Å². The van der Waals surface area contributed by atoms with E-state index in [0.29, 0.717) is 29.6 Å². The molecule has 2 N–H and O–H groups in total. The number of nitrogens with one attached hydrogen (secondary N) is 2. The van der Waals surface area contributed by atoms with E-state index in [0.717, 1.165) is 35.4 Å². The fourth-order valence-electron chi connectivity index (χ4n) is 4.03. The first-order chi connectivity index (χ1) is 13.1. The number of rotatable bonds is 5. The van der Waals surface area contributed by atoms with Crippen LogP contribution in [0.25, 0.3) is 11.0 Å². The van der Waals surface area contributed by atoms with Crippen molar-refractivity contribution in [3.63, 3.8) is 0 Å². The molecule has 1 saturated carbocycles. The Morgan fingerprint density at radius 1 is 1.22 bits per heavy atom. The minimum Gasteiger partial charge on any atom is -0.496 e. The summed E-state index contributed by atoms with van der Waals surface area (Å²) in [5.74, 6) is 2.31. The fourth-order valence-corrected chi connectivity index (χ4v) is 4.03. The predicted molar refractivity (Wildman–Crippen MR) is 106 cm³/mol. The maximum absolute atomic E-state index is 12.5. The predicted octanol–water partition coefficient (Wildman–Crippen LogP) is 4.03. The summed E-state index contributed by atoms with van der Waals surface area (Å²) in [6.07, 6.45) is 5.22. The molecule has 1 aliphatic carbocycles. The molecule has 142 valence electrons. The van der Waals surface area contributed by atoms with Gasteiger partial charge in [-0.2, -0.15) is 5.10 Å². The molecule has 6 nitrogen and oxygen atoms in total. The zero-order chi connectivity index (χ0) is 19.0. The van der Waals surface area contributed by atoms with Crippen LogP contribution in [0.15, 0.2) is 23.0 Å². The minimum atomic E-state index is -0.186. The maximum Gasteiger partial charge on any atom is 0.279 e. The lowest BCUT2D eigenvalue weighted by atomic mass is 9.98. The lowest BCUT2D eigenvalue weighted by molar-refractivity contribution is 0.410. The topological polar surface area (TPSA) is 83.7 Å². The number of ether oxygens (including phenoxy) is 1. The van der Waals surface area contributed by atoms with E-state index in [-0.39, 0.29) is 5.56 Å². The zero-order valence-electron chi connectivity index (χ0n) is 16.1. The highest BCUT2D eigenvalue weighted by Crippen LogP contribution is 2.35.